The maximum absolute atomic E-state index is 5.98. The molecule has 1 fully saturated rings. The highest BCUT2D eigenvalue weighted by molar-refractivity contribution is 7.03. The summed E-state index contributed by atoms with van der Waals surface area (Å²) in [6, 6.07) is 0.404. The minimum Gasteiger partial charge on any atom is -0.328 e. The highest BCUT2D eigenvalue weighted by Crippen LogP contribution is 2.37. The van der Waals surface area contributed by atoms with Crippen molar-refractivity contribution in [2.24, 2.45) is 11.7 Å². The van der Waals surface area contributed by atoms with Crippen LogP contribution in [0.1, 0.15) is 37.7 Å². The Balaban J connectivity index is 2.12. The second-order valence-electron chi connectivity index (χ2n) is 4.11. The maximum Gasteiger partial charge on any atom is 0.0441 e. The first-order valence-corrected chi connectivity index (χ1v) is 5.76. The average molecular weight is 196 g/mol. The molecule has 2 N–H and O–H groups in total. The van der Waals surface area contributed by atoms with E-state index in [1.54, 1.807) is 11.5 Å². The first kappa shape index (κ1) is 9.16. The predicted octanol–water partition coefficient (Wildman–Crippen LogP) is 2.37. The van der Waals surface area contributed by atoms with Crippen molar-refractivity contribution in [3.63, 3.8) is 0 Å². The van der Waals surface area contributed by atoms with E-state index < -0.39 is 0 Å². The van der Waals surface area contributed by atoms with Gasteiger partial charge in [0.25, 0.3) is 0 Å². The number of hydrogen-bond donors (Lipinski definition) is 1. The second kappa shape index (κ2) is 3.76. The van der Waals surface area contributed by atoms with Crippen LogP contribution in [0.2, 0.25) is 0 Å². The molecule has 0 saturated heterocycles. The van der Waals surface area contributed by atoms with Gasteiger partial charge in [0, 0.05) is 17.6 Å². The number of rotatable bonds is 1. The second-order valence-corrected chi connectivity index (χ2v) is 4.77. The Kier molecular flexibility index (Phi) is 2.65. The average Bonchev–Trinajstić information content (AvgIpc) is 2.61. The fourth-order valence-corrected chi connectivity index (χ4v) is 2.82. The van der Waals surface area contributed by atoms with Gasteiger partial charge in [-0.1, -0.05) is 6.92 Å². The Labute approximate surface area is 83.3 Å². The molecule has 1 aromatic heterocycles. The van der Waals surface area contributed by atoms with Crippen LogP contribution in [-0.2, 0) is 0 Å². The molecule has 2 rings (SSSR count). The molecule has 3 heteroatoms. The molecule has 3 atom stereocenters. The fourth-order valence-electron chi connectivity index (χ4n) is 2.22. The van der Waals surface area contributed by atoms with Gasteiger partial charge in [-0.3, -0.25) is 0 Å². The molecule has 3 unspecified atom stereocenters. The van der Waals surface area contributed by atoms with Crippen LogP contribution in [0.3, 0.4) is 0 Å². The highest BCUT2D eigenvalue weighted by Gasteiger charge is 2.27. The molecule has 0 aromatic carbocycles. The van der Waals surface area contributed by atoms with Gasteiger partial charge in [-0.2, -0.15) is 0 Å². The Morgan fingerprint density at radius 3 is 3.08 bits per heavy atom. The Morgan fingerprint density at radius 2 is 2.38 bits per heavy atom. The van der Waals surface area contributed by atoms with E-state index in [1.165, 1.54) is 18.4 Å². The minimum absolute atomic E-state index is 0.404. The van der Waals surface area contributed by atoms with Crippen molar-refractivity contribution in [3.05, 3.63) is 17.1 Å². The van der Waals surface area contributed by atoms with E-state index in [9.17, 15) is 0 Å². The maximum atomic E-state index is 5.98. The van der Waals surface area contributed by atoms with E-state index in [-0.39, 0.29) is 0 Å². The third-order valence-electron chi connectivity index (χ3n) is 3.12. The van der Waals surface area contributed by atoms with Gasteiger partial charge in [-0.15, -0.1) is 0 Å². The van der Waals surface area contributed by atoms with Gasteiger partial charge in [-0.25, -0.2) is 4.37 Å². The van der Waals surface area contributed by atoms with Crippen LogP contribution in [0, 0.1) is 5.92 Å². The van der Waals surface area contributed by atoms with Crippen LogP contribution in [-0.4, -0.2) is 10.4 Å². The number of aromatic nitrogens is 1. The summed E-state index contributed by atoms with van der Waals surface area (Å²) >= 11 is 1.55. The quantitative estimate of drug-likeness (QED) is 0.749. The number of hydrogen-bond acceptors (Lipinski definition) is 3. The van der Waals surface area contributed by atoms with Gasteiger partial charge in [0.1, 0.15) is 0 Å². The summed E-state index contributed by atoms with van der Waals surface area (Å²) in [4.78, 5) is 0. The van der Waals surface area contributed by atoms with Crippen molar-refractivity contribution in [2.45, 2.75) is 38.1 Å². The number of nitrogens with two attached hydrogens (primary N) is 1. The third kappa shape index (κ3) is 1.92. The molecule has 1 aromatic rings. The van der Waals surface area contributed by atoms with E-state index in [4.69, 9.17) is 5.73 Å². The SMILES string of the molecule is CC1CCC(N)CC1c1cnsc1. The van der Waals surface area contributed by atoms with Gasteiger partial charge in [-0.05, 0) is 48.2 Å². The van der Waals surface area contributed by atoms with E-state index in [0.717, 1.165) is 12.3 Å². The molecular weight excluding hydrogens is 180 g/mol. The van der Waals surface area contributed by atoms with Gasteiger partial charge in [0.05, 0.1) is 0 Å². The number of nitrogens with zero attached hydrogens (tertiary/aromatic N) is 1. The summed E-state index contributed by atoms with van der Waals surface area (Å²) in [5.74, 6) is 1.43. The highest BCUT2D eigenvalue weighted by atomic mass is 32.1. The summed E-state index contributed by atoms with van der Waals surface area (Å²) in [5.41, 5.74) is 7.37. The van der Waals surface area contributed by atoms with Gasteiger partial charge < -0.3 is 5.73 Å². The molecule has 0 bridgehead atoms. The van der Waals surface area contributed by atoms with E-state index >= 15 is 0 Å². The molecule has 2 nitrogen and oxygen atoms in total. The zero-order valence-corrected chi connectivity index (χ0v) is 8.76. The molecule has 1 aliphatic carbocycles. The van der Waals surface area contributed by atoms with Crippen LogP contribution in [0.15, 0.2) is 11.6 Å². The van der Waals surface area contributed by atoms with E-state index in [0.29, 0.717) is 12.0 Å². The third-order valence-corrected chi connectivity index (χ3v) is 3.72. The van der Waals surface area contributed by atoms with Gasteiger partial charge in [0.2, 0.25) is 0 Å². The lowest BCUT2D eigenvalue weighted by atomic mass is 9.76. The van der Waals surface area contributed by atoms with Crippen LogP contribution in [0.25, 0.3) is 0 Å². The van der Waals surface area contributed by atoms with Crippen LogP contribution >= 0.6 is 11.5 Å². The zero-order chi connectivity index (χ0) is 9.26. The van der Waals surface area contributed by atoms with E-state index in [2.05, 4.69) is 16.7 Å². The smallest absolute Gasteiger partial charge is 0.0441 e. The normalized spacial score (nSPS) is 34.8. The van der Waals surface area contributed by atoms with Crippen LogP contribution < -0.4 is 5.73 Å². The topological polar surface area (TPSA) is 38.9 Å². The molecule has 0 amide bonds. The van der Waals surface area contributed by atoms with Crippen LogP contribution in [0.4, 0.5) is 0 Å². The predicted molar refractivity (Wildman–Crippen MR) is 55.8 cm³/mol. The van der Waals surface area contributed by atoms with Crippen molar-refractivity contribution >= 4 is 11.5 Å². The van der Waals surface area contributed by atoms with Crippen molar-refractivity contribution in [2.75, 3.05) is 0 Å². The summed E-state index contributed by atoms with van der Waals surface area (Å²) in [6.07, 6.45) is 5.60. The summed E-state index contributed by atoms with van der Waals surface area (Å²) < 4.78 is 4.16. The molecule has 0 spiro atoms. The molecule has 13 heavy (non-hydrogen) atoms. The monoisotopic (exact) mass is 196 g/mol. The van der Waals surface area contributed by atoms with Crippen LogP contribution in [0.5, 0.6) is 0 Å². The zero-order valence-electron chi connectivity index (χ0n) is 7.94. The molecule has 0 aliphatic heterocycles. The minimum atomic E-state index is 0.404. The largest absolute Gasteiger partial charge is 0.328 e. The van der Waals surface area contributed by atoms with Gasteiger partial charge >= 0.3 is 0 Å². The Morgan fingerprint density at radius 1 is 1.54 bits per heavy atom. The Bertz CT molecular complexity index is 258. The fraction of sp³-hybridized carbons (Fsp3) is 0.700. The summed E-state index contributed by atoms with van der Waals surface area (Å²) in [6.45, 7) is 2.33. The molecular formula is C10H16N2S. The first-order valence-electron chi connectivity index (χ1n) is 4.92. The van der Waals surface area contributed by atoms with Crippen molar-refractivity contribution < 1.29 is 0 Å². The lowest BCUT2D eigenvalue weighted by Gasteiger charge is -2.31. The lowest BCUT2D eigenvalue weighted by molar-refractivity contribution is 0.300. The standard InChI is InChI=1S/C10H16N2S/c1-7-2-3-9(11)4-10(7)8-5-12-13-6-8/h5-7,9-10H,2-4,11H2,1H3. The van der Waals surface area contributed by atoms with E-state index in [1.807, 2.05) is 6.20 Å². The summed E-state index contributed by atoms with van der Waals surface area (Å²) in [5, 5.41) is 2.17. The molecule has 0 radical (unpaired) electrons. The molecule has 1 aliphatic rings. The summed E-state index contributed by atoms with van der Waals surface area (Å²) in [7, 11) is 0. The van der Waals surface area contributed by atoms with Crippen molar-refractivity contribution in [1.82, 2.24) is 4.37 Å². The molecule has 1 heterocycles. The van der Waals surface area contributed by atoms with Crippen molar-refractivity contribution in [1.29, 1.82) is 0 Å². The Hall–Kier alpha value is -0.410. The van der Waals surface area contributed by atoms with Gasteiger partial charge in [0.15, 0.2) is 0 Å². The molecule has 1 saturated carbocycles. The molecule has 72 valence electrons. The first-order chi connectivity index (χ1) is 6.27. The lowest BCUT2D eigenvalue weighted by Crippen LogP contribution is -2.30. The van der Waals surface area contributed by atoms with Crippen molar-refractivity contribution in [3.8, 4) is 0 Å².